The number of carboxylic acid groups (broad SMARTS) is 1. The smallest absolute Gasteiger partial charge is 0.861 e. The molecule has 0 radical (unpaired) electrons. The SMILES string of the molecule is C/C(Cl)=C/CSCC([O-])=N[C@@H]1C(=O)N2[C@@H]1SC(C)(C)[C@@H]2C(=O)O.[K+]. The minimum atomic E-state index is -1.03. The predicted octanol–water partition coefficient (Wildman–Crippen LogP) is -1.86. The van der Waals surface area contributed by atoms with Gasteiger partial charge in [-0.05, 0) is 26.7 Å². The molecule has 128 valence electrons. The van der Waals surface area contributed by atoms with Gasteiger partial charge in [0, 0.05) is 21.3 Å². The molecule has 0 bridgehead atoms. The monoisotopic (exact) mass is 416 g/mol. The molecule has 0 aliphatic carbocycles. The molecule has 0 spiro atoms. The number of thioether (sulfide) groups is 2. The molecule has 0 aromatic carbocycles. The van der Waals surface area contributed by atoms with Gasteiger partial charge in [0.05, 0.1) is 0 Å². The number of carbonyl (C=O) groups excluding carboxylic acids is 1. The van der Waals surface area contributed by atoms with Crippen LogP contribution in [-0.4, -0.2) is 61.5 Å². The topological polar surface area (TPSA) is 93.0 Å². The van der Waals surface area contributed by atoms with Crippen molar-refractivity contribution in [1.82, 2.24) is 4.90 Å². The molecule has 0 aromatic heterocycles. The van der Waals surface area contributed by atoms with E-state index in [1.54, 1.807) is 26.8 Å². The first-order valence-electron chi connectivity index (χ1n) is 7.01. The van der Waals surface area contributed by atoms with Gasteiger partial charge in [0.2, 0.25) is 0 Å². The maximum Gasteiger partial charge on any atom is 1.00 e. The number of rotatable bonds is 6. The second-order valence-corrected chi connectivity index (χ2v) is 9.27. The van der Waals surface area contributed by atoms with Gasteiger partial charge in [-0.1, -0.05) is 17.7 Å². The van der Waals surface area contributed by atoms with E-state index in [9.17, 15) is 19.8 Å². The summed E-state index contributed by atoms with van der Waals surface area (Å²) in [4.78, 5) is 28.9. The van der Waals surface area contributed by atoms with Gasteiger partial charge in [0.25, 0.3) is 5.91 Å². The van der Waals surface area contributed by atoms with Gasteiger partial charge >= 0.3 is 57.4 Å². The Bertz CT molecular complexity index is 581. The van der Waals surface area contributed by atoms with E-state index in [-0.39, 0.29) is 74.3 Å². The molecule has 0 aromatic rings. The van der Waals surface area contributed by atoms with Crippen LogP contribution in [0, 0.1) is 0 Å². The fourth-order valence-electron chi connectivity index (χ4n) is 2.62. The first kappa shape index (κ1) is 22.8. The Kier molecular flexibility index (Phi) is 8.67. The van der Waals surface area contributed by atoms with E-state index < -0.39 is 22.8 Å². The molecule has 2 fully saturated rings. The molecule has 2 aliphatic heterocycles. The third-order valence-corrected chi connectivity index (χ3v) is 6.20. The molecule has 2 aliphatic rings. The molecular weight excluding hydrogens is 399 g/mol. The Morgan fingerprint density at radius 3 is 2.75 bits per heavy atom. The Balaban J connectivity index is 0.00000288. The van der Waals surface area contributed by atoms with Crippen molar-refractivity contribution < 1.29 is 71.2 Å². The van der Waals surface area contributed by atoms with Crippen LogP contribution in [0.2, 0.25) is 0 Å². The van der Waals surface area contributed by atoms with Gasteiger partial charge in [-0.3, -0.25) is 9.79 Å². The zero-order valence-corrected chi connectivity index (χ0v) is 19.5. The standard InChI is InChI=1S/C14H19ClN2O4S2.K/c1-7(15)4-5-22-6-8(18)16-9-11(19)17-10(13(20)21)14(2,3)23-12(9)17;/h4,9-10,12H,5-6H2,1-3H3,(H,16,18)(H,20,21);/q;+1/p-1/b7-4-;/t9-,10+,12-;/m1./s1. The minimum Gasteiger partial charge on any atom is -0.861 e. The van der Waals surface area contributed by atoms with Crippen LogP contribution < -0.4 is 56.5 Å². The van der Waals surface area contributed by atoms with Crippen molar-refractivity contribution in [3.05, 3.63) is 11.1 Å². The fourth-order valence-corrected chi connectivity index (χ4v) is 5.14. The third-order valence-electron chi connectivity index (χ3n) is 3.64. The Morgan fingerprint density at radius 2 is 2.21 bits per heavy atom. The van der Waals surface area contributed by atoms with E-state index in [0.29, 0.717) is 10.8 Å². The van der Waals surface area contributed by atoms with Crippen molar-refractivity contribution >= 4 is 52.9 Å². The van der Waals surface area contributed by atoms with Crippen LogP contribution in [-0.2, 0) is 9.59 Å². The van der Waals surface area contributed by atoms with Crippen LogP contribution in [0.1, 0.15) is 20.8 Å². The Morgan fingerprint density at radius 1 is 1.58 bits per heavy atom. The maximum atomic E-state index is 12.2. The molecule has 10 heteroatoms. The van der Waals surface area contributed by atoms with E-state index in [0.717, 1.165) is 0 Å². The fraction of sp³-hybridized carbons (Fsp3) is 0.643. The van der Waals surface area contributed by atoms with Crippen molar-refractivity contribution in [3.8, 4) is 0 Å². The number of aliphatic imine (C=N–C) groups is 1. The summed E-state index contributed by atoms with van der Waals surface area (Å²) in [5.74, 6) is -0.982. The third kappa shape index (κ3) is 4.94. The van der Waals surface area contributed by atoms with Crippen molar-refractivity contribution in [2.75, 3.05) is 11.5 Å². The number of hydrogen-bond acceptors (Lipinski definition) is 6. The molecule has 0 saturated carbocycles. The molecule has 1 amide bonds. The summed E-state index contributed by atoms with van der Waals surface area (Å²) in [6.45, 7) is 5.34. The number of nitrogens with zero attached hydrogens (tertiary/aromatic N) is 2. The second kappa shape index (κ2) is 9.12. The van der Waals surface area contributed by atoms with Crippen molar-refractivity contribution in [2.45, 2.75) is 43.0 Å². The first-order valence-corrected chi connectivity index (χ1v) is 9.43. The molecule has 2 saturated heterocycles. The van der Waals surface area contributed by atoms with Crippen molar-refractivity contribution in [3.63, 3.8) is 0 Å². The summed E-state index contributed by atoms with van der Waals surface area (Å²) in [6, 6.07) is -1.64. The van der Waals surface area contributed by atoms with Gasteiger partial charge < -0.3 is 15.1 Å². The van der Waals surface area contributed by atoms with Crippen LogP contribution in [0.25, 0.3) is 0 Å². The second-order valence-electron chi connectivity index (χ2n) is 5.87. The number of allylic oxidation sites excluding steroid dienone is 1. The van der Waals surface area contributed by atoms with E-state index in [1.807, 2.05) is 0 Å². The zero-order chi connectivity index (χ0) is 17.4. The van der Waals surface area contributed by atoms with Gasteiger partial charge in [-0.25, -0.2) is 4.79 Å². The summed E-state index contributed by atoms with van der Waals surface area (Å²) >= 11 is 8.45. The van der Waals surface area contributed by atoms with Crippen LogP contribution >= 0.6 is 35.1 Å². The predicted molar refractivity (Wildman–Crippen MR) is 91.9 cm³/mol. The molecule has 24 heavy (non-hydrogen) atoms. The molecule has 0 unspecified atom stereocenters. The summed E-state index contributed by atoms with van der Waals surface area (Å²) < 4.78 is -0.600. The van der Waals surface area contributed by atoms with E-state index in [4.69, 9.17) is 11.6 Å². The summed E-state index contributed by atoms with van der Waals surface area (Å²) in [5, 5.41) is 21.5. The van der Waals surface area contributed by atoms with Gasteiger partial charge in [-0.2, -0.15) is 11.8 Å². The van der Waals surface area contributed by atoms with Crippen LogP contribution in [0.3, 0.4) is 0 Å². The molecule has 2 rings (SSSR count). The number of carbonyl (C=O) groups is 2. The Hall–Kier alpha value is 0.776. The number of amides is 1. The maximum absolute atomic E-state index is 12.2. The molecule has 6 nitrogen and oxygen atoms in total. The number of hydrogen-bond donors (Lipinski definition) is 1. The molecule has 1 N–H and O–H groups in total. The number of halogens is 1. The number of aliphatic carboxylic acids is 1. The normalized spacial score (nSPS) is 28.9. The number of β-lactam (4-membered cyclic amide) rings is 1. The summed E-state index contributed by atoms with van der Waals surface area (Å²) in [6.07, 6.45) is 1.79. The zero-order valence-electron chi connectivity index (χ0n) is 14.0. The summed E-state index contributed by atoms with van der Waals surface area (Å²) in [7, 11) is 0. The first-order chi connectivity index (χ1) is 10.6. The van der Waals surface area contributed by atoms with Gasteiger partial charge in [-0.15, -0.1) is 11.8 Å². The van der Waals surface area contributed by atoms with E-state index in [2.05, 4.69) is 4.99 Å². The molecule has 2 heterocycles. The average Bonchev–Trinajstić information content (AvgIpc) is 2.69. The average molecular weight is 417 g/mol. The Labute approximate surface area is 197 Å². The molecule has 3 atom stereocenters. The largest absolute Gasteiger partial charge is 1.00 e. The van der Waals surface area contributed by atoms with E-state index >= 15 is 0 Å². The van der Waals surface area contributed by atoms with E-state index in [1.165, 1.54) is 28.4 Å². The van der Waals surface area contributed by atoms with Gasteiger partial charge in [0.15, 0.2) is 6.04 Å². The van der Waals surface area contributed by atoms with Crippen LogP contribution in [0.15, 0.2) is 16.1 Å². The molecular formula is C14H18ClKN2O4S2. The van der Waals surface area contributed by atoms with Crippen molar-refractivity contribution in [2.24, 2.45) is 4.99 Å². The van der Waals surface area contributed by atoms with Crippen molar-refractivity contribution in [1.29, 1.82) is 0 Å². The minimum absolute atomic E-state index is 0. The van der Waals surface area contributed by atoms with Crippen LogP contribution in [0.5, 0.6) is 0 Å². The number of fused-ring (bicyclic) bond motifs is 1. The number of carboxylic acids is 1. The summed E-state index contributed by atoms with van der Waals surface area (Å²) in [5.41, 5.74) is 0. The van der Waals surface area contributed by atoms with Gasteiger partial charge in [0.1, 0.15) is 11.4 Å². The van der Waals surface area contributed by atoms with Crippen LogP contribution in [0.4, 0.5) is 0 Å². The quantitative estimate of drug-likeness (QED) is 0.179.